The topological polar surface area (TPSA) is 125 Å². The first-order valence-electron chi connectivity index (χ1n) is 6.69. The number of amidine groups is 1. The lowest BCUT2D eigenvalue weighted by Gasteiger charge is -2.15. The van der Waals surface area contributed by atoms with E-state index in [0.717, 1.165) is 4.31 Å². The zero-order valence-electron chi connectivity index (χ0n) is 13.1. The number of hydrogen-bond donors (Lipinski definition) is 2. The first-order valence-corrected chi connectivity index (χ1v) is 9.99. The third-order valence-corrected chi connectivity index (χ3v) is 6.47. The number of phenolic OH excluding ortho intramolecular Hbond substituents is 1. The predicted octanol–water partition coefficient (Wildman–Crippen LogP) is 0.0257. The third-order valence-electron chi connectivity index (χ3n) is 2.98. The Hall–Kier alpha value is -1.34. The van der Waals surface area contributed by atoms with Crippen LogP contribution in [-0.4, -0.2) is 54.5 Å². The van der Waals surface area contributed by atoms with Crippen LogP contribution < -0.4 is 5.32 Å². The van der Waals surface area contributed by atoms with Crippen molar-refractivity contribution in [3.05, 3.63) is 16.6 Å². The molecule has 0 amide bonds. The molecule has 1 aromatic carbocycles. The van der Waals surface area contributed by atoms with Crippen molar-refractivity contribution in [3.63, 3.8) is 0 Å². The molecule has 24 heavy (non-hydrogen) atoms. The van der Waals surface area contributed by atoms with Gasteiger partial charge in [0, 0.05) is 24.6 Å². The Bertz CT molecular complexity index is 851. The Morgan fingerprint density at radius 3 is 2.62 bits per heavy atom. The van der Waals surface area contributed by atoms with Gasteiger partial charge in [-0.05, 0) is 28.9 Å². The van der Waals surface area contributed by atoms with Gasteiger partial charge in [-0.2, -0.15) is 0 Å². The molecule has 12 heteroatoms. The summed E-state index contributed by atoms with van der Waals surface area (Å²) >= 11 is 1.34. The highest BCUT2D eigenvalue weighted by atomic mass is 79.9. The van der Waals surface area contributed by atoms with Crippen molar-refractivity contribution in [2.45, 2.75) is 11.8 Å². The Kier molecular flexibility index (Phi) is 5.75. The molecule has 0 spiro atoms. The molecule has 0 saturated carbocycles. The SMILES string of the molecule is CCOC1=NS(=O)N=C1[NH2+]c1ccc(Br)c(S(=O)(=O)N(C)C)c1O. The molecular weight excluding hydrogens is 424 g/mol. The molecular formula is C12H16BrN4O5S2+. The molecule has 9 nitrogen and oxygen atoms in total. The first-order chi connectivity index (χ1) is 11.2. The van der Waals surface area contributed by atoms with E-state index in [1.165, 1.54) is 31.5 Å². The third kappa shape index (κ3) is 3.67. The van der Waals surface area contributed by atoms with Gasteiger partial charge in [0.15, 0.2) is 11.4 Å². The van der Waals surface area contributed by atoms with E-state index in [1.54, 1.807) is 6.92 Å². The fourth-order valence-electron chi connectivity index (χ4n) is 1.84. The molecule has 0 bridgehead atoms. The van der Waals surface area contributed by atoms with Crippen LogP contribution in [0, 0.1) is 0 Å². The number of nitrogens with two attached hydrogens (primary N) is 1. The van der Waals surface area contributed by atoms with Gasteiger partial charge in [-0.15, -0.1) is 8.80 Å². The summed E-state index contributed by atoms with van der Waals surface area (Å²) in [6, 6.07) is 2.99. The van der Waals surface area contributed by atoms with Crippen molar-refractivity contribution >= 4 is 54.5 Å². The van der Waals surface area contributed by atoms with Gasteiger partial charge in [-0.1, -0.05) is 0 Å². The van der Waals surface area contributed by atoms with Crippen molar-refractivity contribution in [2.75, 3.05) is 20.7 Å². The summed E-state index contributed by atoms with van der Waals surface area (Å²) < 4.78 is 50.2. The lowest BCUT2D eigenvalue weighted by atomic mass is 10.3. The maximum absolute atomic E-state index is 12.4. The van der Waals surface area contributed by atoms with Gasteiger partial charge in [-0.25, -0.2) is 16.9 Å². The van der Waals surface area contributed by atoms with Gasteiger partial charge in [0.05, 0.1) is 6.61 Å². The average molecular weight is 440 g/mol. The summed E-state index contributed by atoms with van der Waals surface area (Å²) in [6.45, 7) is 2.04. The van der Waals surface area contributed by atoms with E-state index in [4.69, 9.17) is 4.74 Å². The highest BCUT2D eigenvalue weighted by Crippen LogP contribution is 2.36. The van der Waals surface area contributed by atoms with Crippen LogP contribution in [0.25, 0.3) is 0 Å². The van der Waals surface area contributed by atoms with Crippen LogP contribution >= 0.6 is 15.9 Å². The van der Waals surface area contributed by atoms with Gasteiger partial charge >= 0.3 is 11.7 Å². The van der Waals surface area contributed by atoms with Gasteiger partial charge < -0.3 is 9.84 Å². The minimum Gasteiger partial charge on any atom is -0.502 e. The van der Waals surface area contributed by atoms with E-state index in [2.05, 4.69) is 24.7 Å². The minimum atomic E-state index is -3.87. The zero-order chi connectivity index (χ0) is 18.1. The summed E-state index contributed by atoms with van der Waals surface area (Å²) in [4.78, 5) is -0.268. The largest absolute Gasteiger partial charge is 0.502 e. The molecule has 0 aliphatic carbocycles. The molecule has 1 aromatic rings. The average Bonchev–Trinajstić information content (AvgIpc) is 2.82. The molecule has 0 aromatic heterocycles. The van der Waals surface area contributed by atoms with E-state index in [9.17, 15) is 17.7 Å². The minimum absolute atomic E-state index is 0.0789. The number of quaternary nitrogens is 1. The van der Waals surface area contributed by atoms with Crippen LogP contribution in [0.2, 0.25) is 0 Å². The standard InChI is InChI=1S/C12H15BrN4O5S2/c1-4-22-12-11(15-23(19)16-12)14-8-6-5-7(13)10(9(8)18)24(20,21)17(2)3/h5-6,18H,4H2,1-3H3,(H,14,15)/p+1. The summed E-state index contributed by atoms with van der Waals surface area (Å²) in [5.41, 5.74) is 0.184. The molecule has 1 aliphatic heterocycles. The Morgan fingerprint density at radius 2 is 2.04 bits per heavy atom. The van der Waals surface area contributed by atoms with Gasteiger partial charge in [0.1, 0.15) is 4.90 Å². The molecule has 0 radical (unpaired) electrons. The number of benzene rings is 1. The number of hydrogen-bond acceptors (Lipinski definition) is 5. The summed E-state index contributed by atoms with van der Waals surface area (Å²) in [7, 11) is -1.15. The second-order valence-corrected chi connectivity index (χ2v) is 8.55. The van der Waals surface area contributed by atoms with Gasteiger partial charge in [-0.3, -0.25) is 5.32 Å². The van der Waals surface area contributed by atoms with E-state index in [0.29, 0.717) is 6.61 Å². The maximum atomic E-state index is 12.4. The van der Waals surface area contributed by atoms with Crippen LogP contribution in [-0.2, 0) is 25.9 Å². The summed E-state index contributed by atoms with van der Waals surface area (Å²) in [5.74, 6) is -0.203. The fourth-order valence-corrected chi connectivity index (χ4v) is 4.44. The number of nitrogens with zero attached hydrogens (tertiary/aromatic N) is 3. The molecule has 132 valence electrons. The van der Waals surface area contributed by atoms with E-state index in [-0.39, 0.29) is 26.8 Å². The van der Waals surface area contributed by atoms with E-state index >= 15 is 0 Å². The van der Waals surface area contributed by atoms with Crippen molar-refractivity contribution in [3.8, 4) is 5.75 Å². The second kappa shape index (κ2) is 7.27. The zero-order valence-corrected chi connectivity index (χ0v) is 16.3. The number of sulfonamides is 1. The van der Waals surface area contributed by atoms with E-state index < -0.39 is 26.9 Å². The number of halogens is 1. The predicted molar refractivity (Wildman–Crippen MR) is 92.9 cm³/mol. The fraction of sp³-hybridized carbons (Fsp3) is 0.333. The molecule has 1 unspecified atom stereocenters. The lowest BCUT2D eigenvalue weighted by molar-refractivity contribution is -0.441. The van der Waals surface area contributed by atoms with Gasteiger partial charge in [0.2, 0.25) is 10.0 Å². The molecule has 1 heterocycles. The van der Waals surface area contributed by atoms with Crippen LogP contribution in [0.5, 0.6) is 5.75 Å². The highest BCUT2D eigenvalue weighted by Gasteiger charge is 2.31. The van der Waals surface area contributed by atoms with Crippen LogP contribution in [0.15, 0.2) is 30.3 Å². The van der Waals surface area contributed by atoms with Crippen LogP contribution in [0.4, 0.5) is 5.69 Å². The second-order valence-electron chi connectivity index (χ2n) is 4.78. The molecule has 0 saturated heterocycles. The molecule has 0 fully saturated rings. The monoisotopic (exact) mass is 439 g/mol. The Morgan fingerprint density at radius 1 is 1.38 bits per heavy atom. The Labute approximate surface area is 150 Å². The Balaban J connectivity index is 2.46. The van der Waals surface area contributed by atoms with Gasteiger partial charge in [0.25, 0.3) is 11.2 Å². The maximum Gasteiger partial charge on any atom is 0.310 e. The van der Waals surface area contributed by atoms with Crippen LogP contribution in [0.1, 0.15) is 6.92 Å². The molecule has 2 rings (SSSR count). The normalized spacial score (nSPS) is 17.8. The summed E-state index contributed by atoms with van der Waals surface area (Å²) in [5, 5.41) is 11.8. The molecule has 1 atom stereocenters. The summed E-state index contributed by atoms with van der Waals surface area (Å²) in [6.07, 6.45) is 0. The smallest absolute Gasteiger partial charge is 0.310 e. The molecule has 3 N–H and O–H groups in total. The van der Waals surface area contributed by atoms with Crippen molar-refractivity contribution in [1.29, 1.82) is 0 Å². The van der Waals surface area contributed by atoms with Crippen LogP contribution in [0.3, 0.4) is 0 Å². The molecule has 1 aliphatic rings. The van der Waals surface area contributed by atoms with E-state index in [1.807, 2.05) is 0 Å². The van der Waals surface area contributed by atoms with Crippen molar-refractivity contribution in [2.24, 2.45) is 8.80 Å². The van der Waals surface area contributed by atoms with Crippen molar-refractivity contribution < 1.29 is 27.8 Å². The first kappa shape index (κ1) is 19.0. The van der Waals surface area contributed by atoms with Crippen molar-refractivity contribution in [1.82, 2.24) is 4.31 Å². The number of rotatable bonds is 4. The highest BCUT2D eigenvalue weighted by molar-refractivity contribution is 9.10. The number of ether oxygens (including phenoxy) is 1. The lowest BCUT2D eigenvalue weighted by Crippen LogP contribution is -2.84. The quantitative estimate of drug-likeness (QED) is 0.505. The number of phenols is 1. The number of aromatic hydroxyl groups is 1.